The van der Waals surface area contributed by atoms with E-state index in [1.807, 2.05) is 48.5 Å². The Morgan fingerprint density at radius 3 is 2.23 bits per heavy atom. The number of nitrogen functional groups attached to an aromatic ring is 1. The van der Waals surface area contributed by atoms with Gasteiger partial charge in [0.25, 0.3) is 15.9 Å². The zero-order valence-corrected chi connectivity index (χ0v) is 24.1. The van der Waals surface area contributed by atoms with Crippen molar-refractivity contribution in [2.75, 3.05) is 12.4 Å². The van der Waals surface area contributed by atoms with Gasteiger partial charge in [-0.3, -0.25) is 10.2 Å². The van der Waals surface area contributed by atoms with Crippen LogP contribution in [0.15, 0.2) is 120 Å². The Kier molecular flexibility index (Phi) is 8.59. The number of carbonyl (C=O) groups is 1. The summed E-state index contributed by atoms with van der Waals surface area (Å²) < 4.78 is 40.5. The summed E-state index contributed by atoms with van der Waals surface area (Å²) in [4.78, 5) is 13.7. The maximum Gasteiger partial charge on any atom is 0.264 e. The van der Waals surface area contributed by atoms with Gasteiger partial charge < -0.3 is 20.5 Å². The van der Waals surface area contributed by atoms with E-state index in [2.05, 4.69) is 10.0 Å². The van der Waals surface area contributed by atoms with Gasteiger partial charge in [0, 0.05) is 11.3 Å². The van der Waals surface area contributed by atoms with Gasteiger partial charge >= 0.3 is 0 Å². The minimum absolute atomic E-state index is 0.0358. The lowest BCUT2D eigenvalue weighted by molar-refractivity contribution is -0.120. The first-order chi connectivity index (χ1) is 20.7. The molecule has 1 atom stereocenters. The zero-order chi connectivity index (χ0) is 30.4. The van der Waals surface area contributed by atoms with Gasteiger partial charge in [0.2, 0.25) is 0 Å². The lowest BCUT2D eigenvalue weighted by atomic mass is 10.0. The van der Waals surface area contributed by atoms with E-state index in [-0.39, 0.29) is 10.7 Å². The number of methoxy groups -OCH3 is 1. The fourth-order valence-corrected chi connectivity index (χ4v) is 5.55. The largest absolute Gasteiger partial charge is 0.493 e. The minimum Gasteiger partial charge on any atom is -0.493 e. The molecule has 5 rings (SSSR count). The Balaban J connectivity index is 1.45. The molecule has 0 aliphatic heterocycles. The van der Waals surface area contributed by atoms with Crippen molar-refractivity contribution >= 4 is 38.2 Å². The average Bonchev–Trinajstić information content (AvgIpc) is 3.02. The number of sulfonamides is 1. The molecule has 0 spiro atoms. The Hall–Kier alpha value is -5.35. The number of rotatable bonds is 11. The standard InChI is InChI=1S/C33H30N4O5S/c1-41-30-20-26(14-18-29(30)42-21-22-7-3-2-4-8-22)31(36-27-15-11-24(12-16-27)32(34)35)33(38)37-43(39,40)28-17-13-23-9-5-6-10-25(23)19-28/h2-20,31,36H,21H2,1H3,(H3,34,35)(H,37,38). The molecular weight excluding hydrogens is 564 g/mol. The highest BCUT2D eigenvalue weighted by Crippen LogP contribution is 2.33. The van der Waals surface area contributed by atoms with Gasteiger partial charge in [0.15, 0.2) is 11.5 Å². The van der Waals surface area contributed by atoms with Crippen molar-refractivity contribution in [1.29, 1.82) is 5.41 Å². The number of ether oxygens (including phenoxy) is 2. The van der Waals surface area contributed by atoms with Crippen LogP contribution in [-0.4, -0.2) is 27.3 Å². The van der Waals surface area contributed by atoms with E-state index in [0.29, 0.717) is 34.9 Å². The van der Waals surface area contributed by atoms with E-state index in [9.17, 15) is 13.2 Å². The van der Waals surface area contributed by atoms with Gasteiger partial charge in [-0.15, -0.1) is 0 Å². The van der Waals surface area contributed by atoms with E-state index < -0.39 is 22.0 Å². The van der Waals surface area contributed by atoms with Crippen LogP contribution in [0.4, 0.5) is 5.69 Å². The molecule has 1 unspecified atom stereocenters. The van der Waals surface area contributed by atoms with Gasteiger partial charge in [-0.05, 0) is 70.4 Å². The number of hydrogen-bond acceptors (Lipinski definition) is 7. The number of amidine groups is 1. The Morgan fingerprint density at radius 1 is 0.837 bits per heavy atom. The third kappa shape index (κ3) is 6.94. The quantitative estimate of drug-likeness (QED) is 0.119. The molecule has 0 aromatic heterocycles. The van der Waals surface area contributed by atoms with Crippen molar-refractivity contribution in [3.05, 3.63) is 132 Å². The number of fused-ring (bicyclic) bond motifs is 1. The number of nitrogens with one attached hydrogen (secondary N) is 3. The summed E-state index contributed by atoms with van der Waals surface area (Å²) in [5.41, 5.74) is 8.00. The topological polar surface area (TPSA) is 144 Å². The van der Waals surface area contributed by atoms with Crippen LogP contribution in [0.3, 0.4) is 0 Å². The molecule has 10 heteroatoms. The maximum atomic E-state index is 13.7. The Morgan fingerprint density at radius 2 is 1.53 bits per heavy atom. The Bertz CT molecular complexity index is 1880. The first kappa shape index (κ1) is 29.2. The summed E-state index contributed by atoms with van der Waals surface area (Å²) in [6.07, 6.45) is 0. The number of anilines is 1. The molecular formula is C33H30N4O5S. The first-order valence-corrected chi connectivity index (χ1v) is 14.8. The van der Waals surface area contributed by atoms with Gasteiger partial charge in [-0.2, -0.15) is 0 Å². The molecule has 0 fully saturated rings. The van der Waals surface area contributed by atoms with Crippen LogP contribution < -0.4 is 25.2 Å². The van der Waals surface area contributed by atoms with Crippen LogP contribution in [0.1, 0.15) is 22.7 Å². The molecule has 9 nitrogen and oxygen atoms in total. The van der Waals surface area contributed by atoms with Crippen molar-refractivity contribution in [1.82, 2.24) is 4.72 Å². The number of carbonyl (C=O) groups excluding carboxylic acids is 1. The van der Waals surface area contributed by atoms with Gasteiger partial charge in [0.1, 0.15) is 18.5 Å². The second-order valence-electron chi connectivity index (χ2n) is 9.73. The fourth-order valence-electron chi connectivity index (χ4n) is 4.52. The summed E-state index contributed by atoms with van der Waals surface area (Å²) >= 11 is 0. The summed E-state index contributed by atoms with van der Waals surface area (Å²) in [5, 5.41) is 12.4. The van der Waals surface area contributed by atoms with E-state index in [0.717, 1.165) is 16.3 Å². The molecule has 1 amide bonds. The number of hydrogen-bond donors (Lipinski definition) is 4. The van der Waals surface area contributed by atoms with Crippen molar-refractivity contribution < 1.29 is 22.7 Å². The molecule has 0 heterocycles. The SMILES string of the molecule is COc1cc(C(Nc2ccc(C(=N)N)cc2)C(=O)NS(=O)(=O)c2ccc3ccccc3c2)ccc1OCc1ccccc1. The number of benzene rings is 5. The molecule has 0 bridgehead atoms. The summed E-state index contributed by atoms with van der Waals surface area (Å²) in [7, 11) is -2.73. The van der Waals surface area contributed by atoms with Crippen LogP contribution >= 0.6 is 0 Å². The van der Waals surface area contributed by atoms with E-state index >= 15 is 0 Å². The predicted molar refractivity (Wildman–Crippen MR) is 167 cm³/mol. The van der Waals surface area contributed by atoms with Gasteiger partial charge in [-0.1, -0.05) is 66.7 Å². The van der Waals surface area contributed by atoms with Gasteiger partial charge in [-0.25, -0.2) is 13.1 Å². The lowest BCUT2D eigenvalue weighted by Gasteiger charge is -2.21. The smallest absolute Gasteiger partial charge is 0.264 e. The van der Waals surface area contributed by atoms with Gasteiger partial charge in [0.05, 0.1) is 12.0 Å². The van der Waals surface area contributed by atoms with Crippen molar-refractivity contribution in [2.24, 2.45) is 5.73 Å². The predicted octanol–water partition coefficient (Wildman–Crippen LogP) is 5.37. The molecule has 0 saturated carbocycles. The highest BCUT2D eigenvalue weighted by Gasteiger charge is 2.27. The number of amides is 1. The molecule has 0 aliphatic carbocycles. The molecule has 43 heavy (non-hydrogen) atoms. The van der Waals surface area contributed by atoms with E-state index in [4.69, 9.17) is 20.6 Å². The second kappa shape index (κ2) is 12.7. The second-order valence-corrected chi connectivity index (χ2v) is 11.4. The van der Waals surface area contributed by atoms with Crippen LogP contribution in [-0.2, 0) is 21.4 Å². The molecule has 0 aliphatic rings. The van der Waals surface area contributed by atoms with Crippen LogP contribution in [0.25, 0.3) is 10.8 Å². The molecule has 5 aromatic rings. The molecule has 0 radical (unpaired) electrons. The monoisotopic (exact) mass is 594 g/mol. The third-order valence-corrected chi connectivity index (χ3v) is 8.14. The summed E-state index contributed by atoms with van der Waals surface area (Å²) in [5.74, 6) is -0.0665. The van der Waals surface area contributed by atoms with Crippen LogP contribution in [0.2, 0.25) is 0 Å². The first-order valence-electron chi connectivity index (χ1n) is 13.3. The highest BCUT2D eigenvalue weighted by atomic mass is 32.2. The minimum atomic E-state index is -4.22. The molecule has 218 valence electrons. The zero-order valence-electron chi connectivity index (χ0n) is 23.3. The van der Waals surface area contributed by atoms with E-state index in [1.165, 1.54) is 19.2 Å². The molecule has 5 N–H and O–H groups in total. The Labute approximate surface area is 249 Å². The number of nitrogens with two attached hydrogens (primary N) is 1. The summed E-state index contributed by atoms with van der Waals surface area (Å²) in [6, 6.07) is 32.1. The van der Waals surface area contributed by atoms with Crippen LogP contribution in [0, 0.1) is 5.41 Å². The van der Waals surface area contributed by atoms with Crippen molar-refractivity contribution in [3.8, 4) is 11.5 Å². The van der Waals surface area contributed by atoms with Crippen molar-refractivity contribution in [2.45, 2.75) is 17.5 Å². The summed E-state index contributed by atoms with van der Waals surface area (Å²) in [6.45, 7) is 0.311. The van der Waals surface area contributed by atoms with E-state index in [1.54, 1.807) is 54.6 Å². The van der Waals surface area contributed by atoms with Crippen LogP contribution in [0.5, 0.6) is 11.5 Å². The molecule has 5 aromatic carbocycles. The van der Waals surface area contributed by atoms with Crippen molar-refractivity contribution in [3.63, 3.8) is 0 Å². The fraction of sp³-hybridized carbons (Fsp3) is 0.0909. The maximum absolute atomic E-state index is 13.7. The lowest BCUT2D eigenvalue weighted by Crippen LogP contribution is -2.37. The average molecular weight is 595 g/mol. The highest BCUT2D eigenvalue weighted by molar-refractivity contribution is 7.90. The molecule has 0 saturated heterocycles. The normalized spacial score (nSPS) is 11.8. The third-order valence-electron chi connectivity index (χ3n) is 6.79.